The molecule has 0 radical (unpaired) electrons. The predicted octanol–water partition coefficient (Wildman–Crippen LogP) is 1.40. The van der Waals surface area contributed by atoms with E-state index in [4.69, 9.17) is 14.2 Å². The van der Waals surface area contributed by atoms with Gasteiger partial charge in [-0.1, -0.05) is 6.07 Å². The molecule has 5 nitrogen and oxygen atoms in total. The molecule has 1 aromatic carbocycles. The van der Waals surface area contributed by atoms with E-state index in [1.54, 1.807) is 7.11 Å². The SMILES string of the molecule is COCc1ccc2c(c1CN=C=O)OCO2. The minimum atomic E-state index is 0.198. The number of methoxy groups -OCH3 is 1. The third-order valence-electron chi connectivity index (χ3n) is 2.34. The largest absolute Gasteiger partial charge is 0.454 e. The predicted molar refractivity (Wildman–Crippen MR) is 55.1 cm³/mol. The molecule has 0 fully saturated rings. The number of hydrogen-bond acceptors (Lipinski definition) is 5. The van der Waals surface area contributed by atoms with Crippen LogP contribution < -0.4 is 9.47 Å². The van der Waals surface area contributed by atoms with Crippen molar-refractivity contribution in [3.63, 3.8) is 0 Å². The number of carbonyl (C=O) groups excluding carboxylic acids is 1. The van der Waals surface area contributed by atoms with E-state index in [-0.39, 0.29) is 13.3 Å². The van der Waals surface area contributed by atoms with Crippen LogP contribution >= 0.6 is 0 Å². The number of isocyanates is 1. The zero-order chi connectivity index (χ0) is 11.4. The fourth-order valence-electron chi connectivity index (χ4n) is 1.65. The van der Waals surface area contributed by atoms with Gasteiger partial charge in [-0.3, -0.25) is 0 Å². The number of aliphatic imine (C=N–C) groups is 1. The molecule has 16 heavy (non-hydrogen) atoms. The molecular formula is C11H11NO4. The summed E-state index contributed by atoms with van der Waals surface area (Å²) < 4.78 is 15.7. The fraction of sp³-hybridized carbons (Fsp3) is 0.364. The second-order valence-corrected chi connectivity index (χ2v) is 3.28. The summed E-state index contributed by atoms with van der Waals surface area (Å²) in [6, 6.07) is 3.71. The van der Waals surface area contributed by atoms with E-state index in [0.717, 1.165) is 11.1 Å². The standard InChI is InChI=1S/C11H11NO4/c1-14-5-8-2-3-10-11(16-7-15-10)9(8)4-12-6-13/h2-3H,4-5,7H2,1H3. The van der Waals surface area contributed by atoms with Gasteiger partial charge in [-0.15, -0.1) is 0 Å². The van der Waals surface area contributed by atoms with E-state index in [1.165, 1.54) is 6.08 Å². The van der Waals surface area contributed by atoms with Gasteiger partial charge in [0.2, 0.25) is 12.9 Å². The van der Waals surface area contributed by atoms with Gasteiger partial charge < -0.3 is 14.2 Å². The summed E-state index contributed by atoms with van der Waals surface area (Å²) in [7, 11) is 1.61. The first-order valence-corrected chi connectivity index (χ1v) is 4.79. The Kier molecular flexibility index (Phi) is 3.19. The highest BCUT2D eigenvalue weighted by atomic mass is 16.7. The van der Waals surface area contributed by atoms with Crippen molar-refractivity contribution in [2.75, 3.05) is 13.9 Å². The molecule has 0 amide bonds. The van der Waals surface area contributed by atoms with E-state index < -0.39 is 0 Å². The quantitative estimate of drug-likeness (QED) is 0.569. The number of nitrogens with zero attached hydrogens (tertiary/aromatic N) is 1. The minimum absolute atomic E-state index is 0.198. The highest BCUT2D eigenvalue weighted by Gasteiger charge is 2.20. The molecule has 84 valence electrons. The van der Waals surface area contributed by atoms with Gasteiger partial charge in [0, 0.05) is 12.7 Å². The van der Waals surface area contributed by atoms with Gasteiger partial charge in [0.05, 0.1) is 13.2 Å². The zero-order valence-electron chi connectivity index (χ0n) is 8.86. The monoisotopic (exact) mass is 221 g/mol. The Hall–Kier alpha value is -1.84. The Morgan fingerprint density at radius 1 is 1.50 bits per heavy atom. The summed E-state index contributed by atoms with van der Waals surface area (Å²) in [5.74, 6) is 1.32. The third-order valence-corrected chi connectivity index (χ3v) is 2.34. The summed E-state index contributed by atoms with van der Waals surface area (Å²) in [4.78, 5) is 13.7. The third kappa shape index (κ3) is 1.91. The van der Waals surface area contributed by atoms with Crippen LogP contribution in [0.25, 0.3) is 0 Å². The van der Waals surface area contributed by atoms with Crippen LogP contribution in [0.2, 0.25) is 0 Å². The molecule has 0 aromatic heterocycles. The topological polar surface area (TPSA) is 57.1 Å². The lowest BCUT2D eigenvalue weighted by atomic mass is 10.1. The van der Waals surface area contributed by atoms with Crippen molar-refractivity contribution in [1.29, 1.82) is 0 Å². The van der Waals surface area contributed by atoms with E-state index in [9.17, 15) is 4.79 Å². The second kappa shape index (κ2) is 4.79. The summed E-state index contributed by atoms with van der Waals surface area (Å²) >= 11 is 0. The maximum absolute atomic E-state index is 10.2. The molecule has 1 aromatic rings. The number of fused-ring (bicyclic) bond motifs is 1. The summed E-state index contributed by atoms with van der Waals surface area (Å²) in [6.45, 7) is 0.874. The Morgan fingerprint density at radius 2 is 2.38 bits per heavy atom. The number of hydrogen-bond donors (Lipinski definition) is 0. The van der Waals surface area contributed by atoms with Crippen molar-refractivity contribution in [2.24, 2.45) is 4.99 Å². The number of rotatable bonds is 4. The van der Waals surface area contributed by atoms with Crippen molar-refractivity contribution >= 4 is 6.08 Å². The van der Waals surface area contributed by atoms with Crippen LogP contribution in [-0.4, -0.2) is 20.0 Å². The molecule has 1 aliphatic rings. The van der Waals surface area contributed by atoms with Crippen LogP contribution in [-0.2, 0) is 22.7 Å². The molecule has 2 rings (SSSR count). The summed E-state index contributed by atoms with van der Waals surface area (Å²) in [5, 5.41) is 0. The molecule has 0 saturated carbocycles. The maximum Gasteiger partial charge on any atom is 0.235 e. The second-order valence-electron chi connectivity index (χ2n) is 3.28. The van der Waals surface area contributed by atoms with E-state index >= 15 is 0 Å². The molecule has 5 heteroatoms. The van der Waals surface area contributed by atoms with E-state index in [0.29, 0.717) is 18.1 Å². The minimum Gasteiger partial charge on any atom is -0.454 e. The number of benzene rings is 1. The van der Waals surface area contributed by atoms with Gasteiger partial charge in [0.1, 0.15) is 0 Å². The van der Waals surface area contributed by atoms with Gasteiger partial charge in [-0.25, -0.2) is 9.79 Å². The number of ether oxygens (including phenoxy) is 3. The molecule has 0 atom stereocenters. The lowest BCUT2D eigenvalue weighted by Gasteiger charge is -2.09. The van der Waals surface area contributed by atoms with Crippen molar-refractivity contribution in [1.82, 2.24) is 0 Å². The molecule has 1 aliphatic heterocycles. The normalized spacial score (nSPS) is 12.3. The lowest BCUT2D eigenvalue weighted by molar-refractivity contribution is 0.172. The molecular weight excluding hydrogens is 210 g/mol. The Labute approximate surface area is 92.6 Å². The Morgan fingerprint density at radius 3 is 3.12 bits per heavy atom. The molecule has 0 spiro atoms. The molecule has 0 unspecified atom stereocenters. The highest BCUT2D eigenvalue weighted by molar-refractivity contribution is 5.52. The van der Waals surface area contributed by atoms with Gasteiger partial charge in [0.15, 0.2) is 11.5 Å². The maximum atomic E-state index is 10.2. The molecule has 0 aliphatic carbocycles. The first-order valence-electron chi connectivity index (χ1n) is 4.79. The first kappa shape index (κ1) is 10.7. The van der Waals surface area contributed by atoms with Crippen molar-refractivity contribution < 1.29 is 19.0 Å². The van der Waals surface area contributed by atoms with Crippen LogP contribution in [0.4, 0.5) is 0 Å². The van der Waals surface area contributed by atoms with Crippen molar-refractivity contribution in [2.45, 2.75) is 13.2 Å². The van der Waals surface area contributed by atoms with Gasteiger partial charge >= 0.3 is 0 Å². The Balaban J connectivity index is 2.41. The summed E-state index contributed by atoms with van der Waals surface area (Å²) in [6.07, 6.45) is 1.51. The molecule has 0 saturated heterocycles. The first-order chi connectivity index (χ1) is 7.86. The lowest BCUT2D eigenvalue weighted by Crippen LogP contribution is -1.98. The van der Waals surface area contributed by atoms with E-state index in [1.807, 2.05) is 12.1 Å². The van der Waals surface area contributed by atoms with Gasteiger partial charge in [-0.05, 0) is 11.6 Å². The summed E-state index contributed by atoms with van der Waals surface area (Å²) in [5.41, 5.74) is 1.76. The fourth-order valence-corrected chi connectivity index (χ4v) is 1.65. The van der Waals surface area contributed by atoms with Crippen LogP contribution in [0.3, 0.4) is 0 Å². The molecule has 0 bridgehead atoms. The van der Waals surface area contributed by atoms with E-state index in [2.05, 4.69) is 4.99 Å². The Bertz CT molecular complexity index is 438. The van der Waals surface area contributed by atoms with Crippen molar-refractivity contribution in [3.8, 4) is 11.5 Å². The molecule has 0 N–H and O–H groups in total. The van der Waals surface area contributed by atoms with Gasteiger partial charge in [-0.2, -0.15) is 0 Å². The smallest absolute Gasteiger partial charge is 0.235 e. The zero-order valence-corrected chi connectivity index (χ0v) is 8.86. The molecule has 1 heterocycles. The van der Waals surface area contributed by atoms with Crippen LogP contribution in [0, 0.1) is 0 Å². The van der Waals surface area contributed by atoms with Gasteiger partial charge in [0.25, 0.3) is 0 Å². The van der Waals surface area contributed by atoms with Crippen LogP contribution in [0.1, 0.15) is 11.1 Å². The van der Waals surface area contributed by atoms with Crippen LogP contribution in [0.15, 0.2) is 17.1 Å². The van der Waals surface area contributed by atoms with Crippen molar-refractivity contribution in [3.05, 3.63) is 23.3 Å². The average Bonchev–Trinajstić information content (AvgIpc) is 2.76. The highest BCUT2D eigenvalue weighted by Crippen LogP contribution is 2.38. The average molecular weight is 221 g/mol. The van der Waals surface area contributed by atoms with Crippen LogP contribution in [0.5, 0.6) is 11.5 Å².